The summed E-state index contributed by atoms with van der Waals surface area (Å²) in [7, 11) is 0. The van der Waals surface area contributed by atoms with Crippen LogP contribution in [0.3, 0.4) is 0 Å². The number of carbonyl (C=O) groups excluding carboxylic acids is 3. The van der Waals surface area contributed by atoms with Crippen LogP contribution in [0.1, 0.15) is 46.5 Å². The zero-order valence-corrected chi connectivity index (χ0v) is 18.5. The quantitative estimate of drug-likeness (QED) is 0.727. The molecular weight excluding hydrogens is 404 g/mol. The molecule has 2 aliphatic heterocycles. The van der Waals surface area contributed by atoms with Gasteiger partial charge in [0.2, 0.25) is 5.91 Å². The average molecular weight is 434 g/mol. The van der Waals surface area contributed by atoms with E-state index in [2.05, 4.69) is 5.32 Å². The van der Waals surface area contributed by atoms with Crippen LogP contribution in [0.2, 0.25) is 0 Å². The van der Waals surface area contributed by atoms with Crippen LogP contribution in [0.5, 0.6) is 0 Å². The van der Waals surface area contributed by atoms with Gasteiger partial charge in [-0.25, -0.2) is 4.79 Å². The third-order valence-corrected chi connectivity index (χ3v) is 4.98. The Hall–Kier alpha value is -2.65. The van der Waals surface area contributed by atoms with Gasteiger partial charge in [-0.05, 0) is 20.8 Å². The number of nitrogens with zero attached hydrogens (tertiary/aromatic N) is 1. The largest absolute Gasteiger partial charge is 0.457 e. The van der Waals surface area contributed by atoms with Crippen molar-refractivity contribution in [1.82, 2.24) is 10.2 Å². The summed E-state index contributed by atoms with van der Waals surface area (Å²) < 4.78 is 23.3. The van der Waals surface area contributed by atoms with Crippen LogP contribution >= 0.6 is 0 Å². The molecule has 9 nitrogen and oxygen atoms in total. The first-order valence-electron chi connectivity index (χ1n) is 10.3. The molecule has 5 atom stereocenters. The number of hydrogen-bond acceptors (Lipinski definition) is 7. The van der Waals surface area contributed by atoms with Crippen LogP contribution in [-0.4, -0.2) is 65.9 Å². The van der Waals surface area contributed by atoms with Crippen molar-refractivity contribution in [2.45, 2.75) is 70.8 Å². The van der Waals surface area contributed by atoms with Crippen molar-refractivity contribution in [3.63, 3.8) is 0 Å². The Morgan fingerprint density at radius 1 is 1.13 bits per heavy atom. The van der Waals surface area contributed by atoms with Crippen LogP contribution < -0.4 is 5.32 Å². The summed E-state index contributed by atoms with van der Waals surface area (Å²) in [5, 5.41) is 2.79. The smallest absolute Gasteiger partial charge is 0.410 e. The molecule has 2 heterocycles. The first kappa shape index (κ1) is 23.0. The van der Waals surface area contributed by atoms with E-state index < -0.39 is 48.2 Å². The number of hydrogen-bond donors (Lipinski definition) is 1. The van der Waals surface area contributed by atoms with Gasteiger partial charge in [-0.1, -0.05) is 30.3 Å². The van der Waals surface area contributed by atoms with Gasteiger partial charge in [0.1, 0.15) is 11.7 Å². The molecule has 2 amide bonds. The zero-order chi connectivity index (χ0) is 22.8. The fraction of sp³-hybridized carbons (Fsp3) is 0.591. The van der Waals surface area contributed by atoms with Gasteiger partial charge in [-0.15, -0.1) is 0 Å². The molecule has 4 unspecified atom stereocenters. The number of ether oxygens (including phenoxy) is 4. The lowest BCUT2D eigenvalue weighted by Gasteiger charge is -2.51. The molecule has 3 rings (SSSR count). The highest BCUT2D eigenvalue weighted by Gasteiger charge is 2.52. The Bertz CT molecular complexity index is 808. The maximum Gasteiger partial charge on any atom is 0.410 e. The molecular formula is C22H30N2O7. The zero-order valence-electron chi connectivity index (χ0n) is 18.5. The van der Waals surface area contributed by atoms with E-state index in [-0.39, 0.29) is 19.1 Å². The number of fused-ring (bicyclic) bond motifs is 1. The molecule has 2 saturated heterocycles. The monoisotopic (exact) mass is 434 g/mol. The molecule has 0 radical (unpaired) electrons. The van der Waals surface area contributed by atoms with E-state index in [4.69, 9.17) is 18.9 Å². The number of carbonyl (C=O) groups is 3. The average Bonchev–Trinajstić information content (AvgIpc) is 2.67. The second-order valence-electron chi connectivity index (χ2n) is 8.76. The molecule has 31 heavy (non-hydrogen) atoms. The maximum atomic E-state index is 13.0. The normalized spacial score (nSPS) is 28.3. The third-order valence-electron chi connectivity index (χ3n) is 4.98. The summed E-state index contributed by atoms with van der Waals surface area (Å²) in [5.41, 5.74) is 0.0965. The number of amides is 2. The van der Waals surface area contributed by atoms with Gasteiger partial charge in [-0.2, -0.15) is 0 Å². The molecule has 1 N–H and O–H groups in total. The Balaban J connectivity index is 1.93. The number of likely N-dealkylation sites (tertiary alicyclic amines) is 1. The van der Waals surface area contributed by atoms with Crippen molar-refractivity contribution in [3.05, 3.63) is 35.9 Å². The molecule has 1 aromatic carbocycles. The highest BCUT2D eigenvalue weighted by molar-refractivity contribution is 5.74. The van der Waals surface area contributed by atoms with E-state index in [0.717, 1.165) is 5.56 Å². The van der Waals surface area contributed by atoms with E-state index in [0.29, 0.717) is 0 Å². The molecule has 0 aliphatic carbocycles. The summed E-state index contributed by atoms with van der Waals surface area (Å²) in [6, 6.07) is 8.14. The topological polar surface area (TPSA) is 103 Å². The summed E-state index contributed by atoms with van der Waals surface area (Å²) in [6.45, 7) is 8.25. The SMILES string of the molecule is CC(=O)NC1CN(C(=O)OC(C)(C)C)C2COC(c3ccccc3)O[C@H]2C1OC(C)=O. The van der Waals surface area contributed by atoms with Crippen LogP contribution in [0.15, 0.2) is 30.3 Å². The van der Waals surface area contributed by atoms with Crippen molar-refractivity contribution >= 4 is 18.0 Å². The van der Waals surface area contributed by atoms with Crippen molar-refractivity contribution in [3.8, 4) is 0 Å². The summed E-state index contributed by atoms with van der Waals surface area (Å²) in [5.74, 6) is -0.812. The lowest BCUT2D eigenvalue weighted by molar-refractivity contribution is -0.277. The van der Waals surface area contributed by atoms with Gasteiger partial charge >= 0.3 is 12.1 Å². The number of rotatable bonds is 3. The van der Waals surface area contributed by atoms with Crippen LogP contribution in [0.25, 0.3) is 0 Å². The summed E-state index contributed by atoms with van der Waals surface area (Å²) in [6.07, 6.45) is -2.76. The van der Waals surface area contributed by atoms with Gasteiger partial charge in [-0.3, -0.25) is 14.5 Å². The van der Waals surface area contributed by atoms with E-state index in [9.17, 15) is 14.4 Å². The molecule has 1 aromatic rings. The second kappa shape index (κ2) is 9.23. The minimum Gasteiger partial charge on any atom is -0.457 e. The molecule has 2 aliphatic rings. The first-order chi connectivity index (χ1) is 14.5. The van der Waals surface area contributed by atoms with Gasteiger partial charge in [0.15, 0.2) is 12.4 Å². The van der Waals surface area contributed by atoms with Crippen LogP contribution in [0.4, 0.5) is 4.79 Å². The van der Waals surface area contributed by atoms with Crippen molar-refractivity contribution in [1.29, 1.82) is 0 Å². The minimum atomic E-state index is -0.791. The highest BCUT2D eigenvalue weighted by atomic mass is 16.7. The Labute approximate surface area is 182 Å². The highest BCUT2D eigenvalue weighted by Crippen LogP contribution is 2.35. The van der Waals surface area contributed by atoms with Gasteiger partial charge < -0.3 is 24.3 Å². The number of esters is 1. The van der Waals surface area contributed by atoms with Gasteiger partial charge in [0.25, 0.3) is 0 Å². The molecule has 2 fully saturated rings. The van der Waals surface area contributed by atoms with Crippen molar-refractivity contribution in [2.75, 3.05) is 13.2 Å². The van der Waals surface area contributed by atoms with E-state index in [1.807, 2.05) is 30.3 Å². The fourth-order valence-electron chi connectivity index (χ4n) is 3.84. The van der Waals surface area contributed by atoms with Gasteiger partial charge in [0, 0.05) is 26.0 Å². The summed E-state index contributed by atoms with van der Waals surface area (Å²) in [4.78, 5) is 38.1. The number of piperidine rings is 1. The van der Waals surface area contributed by atoms with Crippen LogP contribution in [-0.2, 0) is 28.5 Å². The number of benzene rings is 1. The predicted octanol–water partition coefficient (Wildman–Crippen LogP) is 2.16. The van der Waals surface area contributed by atoms with E-state index >= 15 is 0 Å². The summed E-state index contributed by atoms with van der Waals surface area (Å²) >= 11 is 0. The first-order valence-corrected chi connectivity index (χ1v) is 10.3. The lowest BCUT2D eigenvalue weighted by Crippen LogP contribution is -2.70. The molecule has 9 heteroatoms. The predicted molar refractivity (Wildman–Crippen MR) is 110 cm³/mol. The van der Waals surface area contributed by atoms with E-state index in [1.165, 1.54) is 18.7 Å². The second-order valence-corrected chi connectivity index (χ2v) is 8.76. The Morgan fingerprint density at radius 3 is 2.39 bits per heavy atom. The van der Waals surface area contributed by atoms with Gasteiger partial charge in [0.05, 0.1) is 18.7 Å². The Morgan fingerprint density at radius 2 is 1.81 bits per heavy atom. The molecule has 170 valence electrons. The third kappa shape index (κ3) is 5.74. The molecule has 0 bridgehead atoms. The molecule has 0 saturated carbocycles. The standard InChI is InChI=1S/C22H30N2O7/c1-13(25)23-16-11-24(21(27)31-22(3,4)5)17-12-28-20(15-9-7-6-8-10-15)30-19(17)18(16)29-14(2)26/h6-10,16-20H,11-12H2,1-5H3,(H,23,25)/t16?,17?,18?,19-,20?/m1/s1. The number of nitrogens with one attached hydrogen (secondary N) is 1. The van der Waals surface area contributed by atoms with E-state index in [1.54, 1.807) is 20.8 Å². The minimum absolute atomic E-state index is 0.0936. The van der Waals surface area contributed by atoms with Crippen LogP contribution in [0, 0.1) is 0 Å². The lowest BCUT2D eigenvalue weighted by atomic mass is 9.91. The fourth-order valence-corrected chi connectivity index (χ4v) is 3.84. The van der Waals surface area contributed by atoms with Crippen molar-refractivity contribution in [2.24, 2.45) is 0 Å². The Kier molecular flexibility index (Phi) is 6.86. The maximum absolute atomic E-state index is 13.0. The van der Waals surface area contributed by atoms with Crippen molar-refractivity contribution < 1.29 is 33.3 Å². The molecule has 0 aromatic heterocycles. The molecule has 0 spiro atoms.